The molecule has 0 bridgehead atoms. The van der Waals surface area contributed by atoms with E-state index in [-0.39, 0.29) is 37.3 Å². The van der Waals surface area contributed by atoms with Crippen molar-refractivity contribution in [2.45, 2.75) is 63.8 Å². The normalized spacial score (nSPS) is 22.3. The number of rotatable bonds is 8. The Bertz CT molecular complexity index is 1220. The molecular formula is C27H36N4O7. The van der Waals surface area contributed by atoms with E-state index in [1.165, 1.54) is 12.0 Å². The van der Waals surface area contributed by atoms with E-state index < -0.39 is 35.5 Å². The predicted molar refractivity (Wildman–Crippen MR) is 139 cm³/mol. The lowest BCUT2D eigenvalue weighted by Gasteiger charge is -2.26. The number of H-pyrrole nitrogens is 1. The molecule has 2 fully saturated rings. The van der Waals surface area contributed by atoms with Crippen molar-refractivity contribution < 1.29 is 33.4 Å². The van der Waals surface area contributed by atoms with Crippen molar-refractivity contribution in [3.05, 3.63) is 30.0 Å². The van der Waals surface area contributed by atoms with Gasteiger partial charge in [0, 0.05) is 36.3 Å². The van der Waals surface area contributed by atoms with Crippen LogP contribution in [-0.4, -0.2) is 84.7 Å². The predicted octanol–water partition coefficient (Wildman–Crippen LogP) is 1.76. The number of nitrogens with one attached hydrogen (secondary N) is 3. The largest absolute Gasteiger partial charge is 0.496 e. The number of aromatic amines is 1. The molecule has 2 aromatic rings. The van der Waals surface area contributed by atoms with E-state index in [1.54, 1.807) is 19.2 Å². The molecule has 2 aliphatic rings. The van der Waals surface area contributed by atoms with Gasteiger partial charge in [-0.25, -0.2) is 4.79 Å². The third-order valence-electron chi connectivity index (χ3n) is 6.91. The van der Waals surface area contributed by atoms with Crippen molar-refractivity contribution >= 4 is 34.6 Å². The van der Waals surface area contributed by atoms with E-state index in [2.05, 4.69) is 15.6 Å². The van der Waals surface area contributed by atoms with Crippen molar-refractivity contribution in [1.82, 2.24) is 20.5 Å². The summed E-state index contributed by atoms with van der Waals surface area (Å²) in [6.45, 7) is 6.47. The number of ether oxygens (including phenoxy) is 3. The molecule has 3 heterocycles. The summed E-state index contributed by atoms with van der Waals surface area (Å²) in [5.74, 6) is -1.44. The van der Waals surface area contributed by atoms with Gasteiger partial charge in [0.15, 0.2) is 0 Å². The molecule has 11 nitrogen and oxygen atoms in total. The highest BCUT2D eigenvalue weighted by molar-refractivity contribution is 6.02. The highest BCUT2D eigenvalue weighted by Crippen LogP contribution is 2.30. The maximum Gasteiger partial charge on any atom is 0.328 e. The second-order valence-corrected chi connectivity index (χ2v) is 10.8. The SMILES string of the molecule is COC(=O)C(C[C@@H]1CCNC1=O)NC(=O)[C@@H]1C[C@@H](OC(C)(C)C)CN1C(=O)c1cc2c(OC)cccc2[nH]1. The second-order valence-electron chi connectivity index (χ2n) is 10.8. The van der Waals surface area contributed by atoms with Gasteiger partial charge >= 0.3 is 5.97 Å². The smallest absolute Gasteiger partial charge is 0.328 e. The molecule has 206 valence electrons. The number of fused-ring (bicyclic) bond motifs is 1. The number of benzene rings is 1. The molecule has 0 aliphatic carbocycles. The summed E-state index contributed by atoms with van der Waals surface area (Å²) >= 11 is 0. The molecule has 4 atom stereocenters. The Morgan fingerprint density at radius 2 is 1.97 bits per heavy atom. The molecule has 38 heavy (non-hydrogen) atoms. The highest BCUT2D eigenvalue weighted by atomic mass is 16.5. The molecule has 4 rings (SSSR count). The van der Waals surface area contributed by atoms with Gasteiger partial charge in [0.05, 0.1) is 25.9 Å². The Morgan fingerprint density at radius 1 is 1.21 bits per heavy atom. The first-order valence-electron chi connectivity index (χ1n) is 12.8. The summed E-state index contributed by atoms with van der Waals surface area (Å²) in [5, 5.41) is 6.24. The number of carbonyl (C=O) groups is 4. The third-order valence-corrected chi connectivity index (χ3v) is 6.91. The third kappa shape index (κ3) is 5.93. The van der Waals surface area contributed by atoms with Gasteiger partial charge in [0.1, 0.15) is 23.5 Å². The van der Waals surface area contributed by atoms with Gasteiger partial charge in [0.25, 0.3) is 5.91 Å². The fourth-order valence-corrected chi connectivity index (χ4v) is 5.21. The number of likely N-dealkylation sites (tertiary alicyclic amines) is 1. The van der Waals surface area contributed by atoms with Crippen LogP contribution in [0.15, 0.2) is 24.3 Å². The summed E-state index contributed by atoms with van der Waals surface area (Å²) in [7, 11) is 2.80. The summed E-state index contributed by atoms with van der Waals surface area (Å²) in [5.41, 5.74) is 0.561. The number of esters is 1. The van der Waals surface area contributed by atoms with Crippen molar-refractivity contribution in [3.8, 4) is 5.75 Å². The van der Waals surface area contributed by atoms with Crippen LogP contribution in [0.5, 0.6) is 5.75 Å². The van der Waals surface area contributed by atoms with Crippen LogP contribution < -0.4 is 15.4 Å². The van der Waals surface area contributed by atoms with Gasteiger partial charge in [-0.3, -0.25) is 14.4 Å². The number of hydrogen-bond donors (Lipinski definition) is 3. The molecule has 2 aliphatic heterocycles. The first-order valence-corrected chi connectivity index (χ1v) is 12.8. The molecule has 3 amide bonds. The molecular weight excluding hydrogens is 492 g/mol. The minimum atomic E-state index is -1.02. The van der Waals surface area contributed by atoms with Crippen LogP contribution in [0.4, 0.5) is 0 Å². The maximum absolute atomic E-state index is 13.7. The Hall–Kier alpha value is -3.60. The van der Waals surface area contributed by atoms with Crippen LogP contribution >= 0.6 is 0 Å². The standard InChI is InChI=1S/C27H36N4O7/c1-27(2,3)38-16-12-21(24(33)30-20(26(35)37-5)11-15-9-10-28-23(15)32)31(14-16)25(34)19-13-17-18(29-19)7-6-8-22(17)36-4/h6-8,13,15-16,20-21,29H,9-12,14H2,1-5H3,(H,28,32)(H,30,33)/t15-,16+,20?,21-/m0/s1. The van der Waals surface area contributed by atoms with Crippen molar-refractivity contribution in [1.29, 1.82) is 0 Å². The summed E-state index contributed by atoms with van der Waals surface area (Å²) in [6, 6.07) is 5.28. The topological polar surface area (TPSA) is 139 Å². The van der Waals surface area contributed by atoms with E-state index in [0.717, 1.165) is 10.9 Å². The van der Waals surface area contributed by atoms with E-state index in [4.69, 9.17) is 14.2 Å². The average Bonchev–Trinajstić information content (AvgIpc) is 3.59. The van der Waals surface area contributed by atoms with Crippen LogP contribution in [-0.2, 0) is 23.9 Å². The van der Waals surface area contributed by atoms with Crippen molar-refractivity contribution in [3.63, 3.8) is 0 Å². The zero-order valence-electron chi connectivity index (χ0n) is 22.5. The van der Waals surface area contributed by atoms with E-state index in [1.807, 2.05) is 32.9 Å². The van der Waals surface area contributed by atoms with Crippen molar-refractivity contribution in [2.75, 3.05) is 27.3 Å². The Balaban J connectivity index is 1.58. The lowest BCUT2D eigenvalue weighted by Crippen LogP contribution is -2.51. The maximum atomic E-state index is 13.7. The van der Waals surface area contributed by atoms with Crippen LogP contribution in [0, 0.1) is 5.92 Å². The first-order chi connectivity index (χ1) is 18.0. The molecule has 11 heteroatoms. The lowest BCUT2D eigenvalue weighted by molar-refractivity contribution is -0.146. The molecule has 0 spiro atoms. The number of nitrogens with zero attached hydrogens (tertiary/aromatic N) is 1. The van der Waals surface area contributed by atoms with E-state index >= 15 is 0 Å². The van der Waals surface area contributed by atoms with Crippen LogP contribution in [0.25, 0.3) is 10.9 Å². The Morgan fingerprint density at radius 3 is 2.61 bits per heavy atom. The molecule has 0 saturated carbocycles. The number of amides is 3. The van der Waals surface area contributed by atoms with Crippen LogP contribution in [0.3, 0.4) is 0 Å². The van der Waals surface area contributed by atoms with Gasteiger partial charge in [-0.2, -0.15) is 0 Å². The minimum absolute atomic E-state index is 0.120. The van der Waals surface area contributed by atoms with Gasteiger partial charge in [-0.15, -0.1) is 0 Å². The van der Waals surface area contributed by atoms with Crippen molar-refractivity contribution in [2.24, 2.45) is 5.92 Å². The van der Waals surface area contributed by atoms with E-state index in [9.17, 15) is 19.2 Å². The molecule has 1 unspecified atom stereocenters. The molecule has 1 aromatic heterocycles. The number of carbonyl (C=O) groups excluding carboxylic acids is 4. The van der Waals surface area contributed by atoms with Crippen LogP contribution in [0.2, 0.25) is 0 Å². The number of aromatic nitrogens is 1. The monoisotopic (exact) mass is 528 g/mol. The first kappa shape index (κ1) is 27.4. The minimum Gasteiger partial charge on any atom is -0.496 e. The van der Waals surface area contributed by atoms with Gasteiger partial charge in [0.2, 0.25) is 11.8 Å². The van der Waals surface area contributed by atoms with Gasteiger partial charge in [-0.1, -0.05) is 6.07 Å². The fraction of sp³-hybridized carbons (Fsp3) is 0.556. The molecule has 2 saturated heterocycles. The van der Waals surface area contributed by atoms with Gasteiger partial charge in [-0.05, 0) is 51.8 Å². The number of hydrogen-bond acceptors (Lipinski definition) is 7. The lowest BCUT2D eigenvalue weighted by atomic mass is 9.98. The summed E-state index contributed by atoms with van der Waals surface area (Å²) in [6.07, 6.45) is 0.567. The number of methoxy groups -OCH3 is 2. The summed E-state index contributed by atoms with van der Waals surface area (Å²) in [4.78, 5) is 56.5. The zero-order chi connectivity index (χ0) is 27.6. The van der Waals surface area contributed by atoms with Crippen LogP contribution in [0.1, 0.15) is 50.5 Å². The highest BCUT2D eigenvalue weighted by Gasteiger charge is 2.43. The molecule has 3 N–H and O–H groups in total. The van der Waals surface area contributed by atoms with E-state index in [0.29, 0.717) is 24.4 Å². The van der Waals surface area contributed by atoms with Gasteiger partial charge < -0.3 is 34.7 Å². The Kier molecular flexibility index (Phi) is 7.96. The molecule has 1 aromatic carbocycles. The Labute approximate surface area is 221 Å². The second kappa shape index (κ2) is 11.0. The summed E-state index contributed by atoms with van der Waals surface area (Å²) < 4.78 is 16.5. The average molecular weight is 529 g/mol. The fourth-order valence-electron chi connectivity index (χ4n) is 5.21. The quantitative estimate of drug-likeness (QED) is 0.444. The molecule has 0 radical (unpaired) electrons. The zero-order valence-corrected chi connectivity index (χ0v) is 22.5.